The maximum Gasteiger partial charge on any atom is 0.150 e. The molecule has 75 heavy (non-hydrogen) atoms. The summed E-state index contributed by atoms with van der Waals surface area (Å²) in [6.07, 6.45) is 5.22. The monoisotopic (exact) mass is 1100 g/mol. The van der Waals surface area contributed by atoms with Crippen LogP contribution in [-0.4, -0.2) is 19.5 Å². The van der Waals surface area contributed by atoms with Crippen molar-refractivity contribution < 1.29 is 19.0 Å². The molecular formula is C69H52Br2O4. The van der Waals surface area contributed by atoms with Gasteiger partial charge in [0.2, 0.25) is 0 Å². The van der Waals surface area contributed by atoms with E-state index in [4.69, 9.17) is 14.2 Å². The second-order valence-electron chi connectivity index (χ2n) is 18.7. The molecule has 1 saturated heterocycles. The van der Waals surface area contributed by atoms with Gasteiger partial charge in [-0.15, -0.1) is 0 Å². The minimum Gasteiger partial charge on any atom is -0.457 e. The maximum atomic E-state index is 10.9. The first-order valence-electron chi connectivity index (χ1n) is 25.2. The van der Waals surface area contributed by atoms with Gasteiger partial charge >= 0.3 is 0 Å². The van der Waals surface area contributed by atoms with E-state index < -0.39 is 10.8 Å². The third-order valence-electron chi connectivity index (χ3n) is 14.4. The first-order chi connectivity index (χ1) is 36.9. The van der Waals surface area contributed by atoms with Crippen molar-refractivity contribution >= 4 is 44.2 Å². The number of hydrogen-bond acceptors (Lipinski definition) is 4. The highest BCUT2D eigenvalue weighted by Crippen LogP contribution is 2.58. The van der Waals surface area contributed by atoms with Gasteiger partial charge in [-0.25, -0.2) is 0 Å². The van der Waals surface area contributed by atoms with E-state index in [0.717, 1.165) is 51.3 Å². The van der Waals surface area contributed by atoms with E-state index in [-0.39, 0.29) is 0 Å². The molecule has 3 aliphatic rings. The quantitative estimate of drug-likeness (QED) is 0.128. The average Bonchev–Trinajstić information content (AvgIpc) is 4.30. The number of benzene rings is 10. The highest BCUT2D eigenvalue weighted by molar-refractivity contribution is 9.10. The Labute approximate surface area is 456 Å². The van der Waals surface area contributed by atoms with Crippen LogP contribution in [0.25, 0.3) is 28.3 Å². The van der Waals surface area contributed by atoms with Crippen LogP contribution < -0.4 is 9.47 Å². The number of ether oxygens (including phenoxy) is 3. The van der Waals surface area contributed by atoms with Gasteiger partial charge in [0.25, 0.3) is 0 Å². The third-order valence-corrected chi connectivity index (χ3v) is 15.4. The van der Waals surface area contributed by atoms with E-state index in [0.29, 0.717) is 11.3 Å². The lowest BCUT2D eigenvalue weighted by Gasteiger charge is -2.34. The molecule has 0 amide bonds. The van der Waals surface area contributed by atoms with Crippen LogP contribution in [0.4, 0.5) is 0 Å². The standard InChI is InChI=1S/C33H23BrO.C32H21BrO2.C4H8O/c1-2-23-12-17-27(18-13-23)35-28-19-14-25(15-20-28)33(24-8-4-3-5-9-24)31-11-7-6-10-29(31)30-21-16-26(34)22-32(30)33;33-25-14-19-29-28-8-4-5-9-30(28)32(31(29)20-25,23-6-2-1-3-7-23)24-12-17-27(18-13-24)35-26-15-10-22(21-34)11-16-26;1-2-4-5-3-1/h2-22H,1H2;1-21H;1-4H2. The van der Waals surface area contributed by atoms with Crippen molar-refractivity contribution in [1.29, 1.82) is 0 Å². The Hall–Kier alpha value is -7.87. The summed E-state index contributed by atoms with van der Waals surface area (Å²) >= 11 is 7.46. The Kier molecular flexibility index (Phi) is 14.4. The van der Waals surface area contributed by atoms with E-state index in [9.17, 15) is 4.79 Å². The molecule has 0 spiro atoms. The fourth-order valence-corrected chi connectivity index (χ4v) is 11.8. The Morgan fingerprint density at radius 2 is 0.733 bits per heavy atom. The Morgan fingerprint density at radius 1 is 0.387 bits per heavy atom. The van der Waals surface area contributed by atoms with Crippen molar-refractivity contribution in [3.63, 3.8) is 0 Å². The molecule has 13 rings (SSSR count). The SMILES string of the molecule is C1CCOC1.C=Cc1ccc(Oc2ccc(C3(c4ccccc4)c4ccccc4-c4ccc(Br)cc43)cc2)cc1.O=Cc1ccc(Oc2ccc(C3(c4ccccc4)c4ccccc4-c4ccc(Br)cc43)cc2)cc1. The van der Waals surface area contributed by atoms with Crippen LogP contribution in [0.3, 0.4) is 0 Å². The van der Waals surface area contributed by atoms with Gasteiger partial charge in [0, 0.05) is 27.7 Å². The molecule has 1 aliphatic heterocycles. The number of halogens is 2. The van der Waals surface area contributed by atoms with E-state index in [2.05, 4.69) is 220 Å². The molecule has 0 N–H and O–H groups in total. The van der Waals surface area contributed by atoms with Crippen molar-refractivity contribution in [3.8, 4) is 45.3 Å². The van der Waals surface area contributed by atoms with Crippen molar-refractivity contribution in [2.75, 3.05) is 13.2 Å². The molecule has 2 aliphatic carbocycles. The van der Waals surface area contributed by atoms with Crippen molar-refractivity contribution in [1.82, 2.24) is 0 Å². The fourth-order valence-electron chi connectivity index (χ4n) is 11.1. The van der Waals surface area contributed by atoms with Gasteiger partial charge in [0.05, 0.1) is 10.8 Å². The molecule has 0 aromatic heterocycles. The van der Waals surface area contributed by atoms with E-state index >= 15 is 0 Å². The first kappa shape index (κ1) is 49.3. The van der Waals surface area contributed by atoms with Gasteiger partial charge in [0.15, 0.2) is 0 Å². The summed E-state index contributed by atoms with van der Waals surface area (Å²) in [6, 6.07) is 84.2. The first-order valence-corrected chi connectivity index (χ1v) is 26.8. The molecule has 2 unspecified atom stereocenters. The normalized spacial score (nSPS) is 16.3. The van der Waals surface area contributed by atoms with Gasteiger partial charge in [0.1, 0.15) is 29.3 Å². The van der Waals surface area contributed by atoms with Crippen LogP contribution in [0, 0.1) is 0 Å². The average molecular weight is 1100 g/mol. The molecule has 10 aromatic carbocycles. The maximum absolute atomic E-state index is 10.9. The zero-order valence-electron chi connectivity index (χ0n) is 41.2. The Morgan fingerprint density at radius 3 is 1.11 bits per heavy atom. The largest absolute Gasteiger partial charge is 0.457 e. The minimum atomic E-state index is -0.443. The molecule has 6 heteroatoms. The van der Waals surface area contributed by atoms with Crippen LogP contribution in [0.5, 0.6) is 23.0 Å². The third kappa shape index (κ3) is 9.51. The summed E-state index contributed by atoms with van der Waals surface area (Å²) in [5.74, 6) is 3.06. The molecule has 4 nitrogen and oxygen atoms in total. The van der Waals surface area contributed by atoms with Gasteiger partial charge in [-0.05, 0) is 170 Å². The van der Waals surface area contributed by atoms with Crippen LogP contribution in [0.15, 0.2) is 258 Å². The van der Waals surface area contributed by atoms with E-state index in [1.807, 2.05) is 54.6 Å². The minimum absolute atomic E-state index is 0.416. The summed E-state index contributed by atoms with van der Waals surface area (Å²) in [4.78, 5) is 10.9. The number of hydrogen-bond donors (Lipinski definition) is 0. The predicted octanol–water partition coefficient (Wildman–Crippen LogP) is 18.5. The molecule has 10 aromatic rings. The Balaban J connectivity index is 0.000000147. The van der Waals surface area contributed by atoms with Crippen molar-refractivity contribution in [3.05, 3.63) is 314 Å². The van der Waals surface area contributed by atoms with Gasteiger partial charge in [-0.2, -0.15) is 0 Å². The molecule has 2 atom stereocenters. The topological polar surface area (TPSA) is 44.8 Å². The molecule has 1 fully saturated rings. The summed E-state index contributed by atoms with van der Waals surface area (Å²) in [7, 11) is 0. The zero-order chi connectivity index (χ0) is 51.2. The van der Waals surface area contributed by atoms with Crippen LogP contribution in [-0.2, 0) is 15.6 Å². The lowest BCUT2D eigenvalue weighted by molar-refractivity contribution is 0.112. The second-order valence-corrected chi connectivity index (χ2v) is 20.6. The van der Waals surface area contributed by atoms with Crippen LogP contribution in [0.2, 0.25) is 0 Å². The second kappa shape index (κ2) is 21.9. The summed E-state index contributed by atoms with van der Waals surface area (Å²) in [6.45, 7) is 5.82. The fraction of sp³-hybridized carbons (Fsp3) is 0.0870. The molecule has 0 radical (unpaired) electrons. The number of carbonyl (C=O) groups is 1. The van der Waals surface area contributed by atoms with Gasteiger partial charge in [-0.1, -0.05) is 202 Å². The summed E-state index contributed by atoms with van der Waals surface area (Å²) < 4.78 is 19.3. The predicted molar refractivity (Wildman–Crippen MR) is 311 cm³/mol. The van der Waals surface area contributed by atoms with Gasteiger partial charge < -0.3 is 14.2 Å². The highest BCUT2D eigenvalue weighted by Gasteiger charge is 2.47. The smallest absolute Gasteiger partial charge is 0.150 e. The zero-order valence-corrected chi connectivity index (χ0v) is 44.3. The molecule has 0 bridgehead atoms. The number of rotatable bonds is 10. The summed E-state index contributed by atoms with van der Waals surface area (Å²) in [5, 5.41) is 0. The van der Waals surface area contributed by atoms with E-state index in [1.165, 1.54) is 79.6 Å². The molecule has 366 valence electrons. The number of carbonyl (C=O) groups excluding carboxylic acids is 1. The molecule has 1 heterocycles. The van der Waals surface area contributed by atoms with Crippen molar-refractivity contribution in [2.24, 2.45) is 0 Å². The molecular weight excluding hydrogens is 1050 g/mol. The number of aldehydes is 1. The van der Waals surface area contributed by atoms with Gasteiger partial charge in [-0.3, -0.25) is 4.79 Å². The Bertz CT molecular complexity index is 3370. The summed E-state index contributed by atoms with van der Waals surface area (Å²) in [5.41, 5.74) is 15.9. The lowest BCUT2D eigenvalue weighted by Crippen LogP contribution is -2.28. The van der Waals surface area contributed by atoms with E-state index in [1.54, 1.807) is 12.1 Å². The molecule has 0 saturated carbocycles. The van der Waals surface area contributed by atoms with Crippen LogP contribution in [0.1, 0.15) is 73.3 Å². The highest BCUT2D eigenvalue weighted by atomic mass is 79.9. The van der Waals surface area contributed by atoms with Crippen molar-refractivity contribution in [2.45, 2.75) is 23.7 Å². The van der Waals surface area contributed by atoms with Crippen LogP contribution >= 0.6 is 31.9 Å². The lowest BCUT2D eigenvalue weighted by atomic mass is 9.68. The number of fused-ring (bicyclic) bond motifs is 6.